The molecule has 0 aliphatic carbocycles. The van der Waals surface area contributed by atoms with Crippen LogP contribution in [0.15, 0.2) is 57.9 Å². The smallest absolute Gasteiger partial charge is 0.244 e. The lowest BCUT2D eigenvalue weighted by atomic mass is 10.1. The Balaban J connectivity index is 2.27. The second kappa shape index (κ2) is 6.81. The van der Waals surface area contributed by atoms with Crippen LogP contribution in [0.4, 0.5) is 5.69 Å². The molecule has 3 N–H and O–H groups in total. The first-order valence-electron chi connectivity index (χ1n) is 6.06. The lowest BCUT2D eigenvalue weighted by molar-refractivity contribution is -0.118. The molecule has 1 atom stereocenters. The molecule has 0 fully saturated rings. The van der Waals surface area contributed by atoms with Crippen molar-refractivity contribution in [1.29, 1.82) is 0 Å². The average Bonchev–Trinajstić information content (AvgIpc) is 2.46. The maximum atomic E-state index is 11.7. The van der Waals surface area contributed by atoms with Crippen molar-refractivity contribution in [1.82, 2.24) is 0 Å². The fourth-order valence-electron chi connectivity index (χ4n) is 1.85. The fourth-order valence-corrected chi connectivity index (χ4v) is 2.66. The molecule has 0 heterocycles. The number of nitrogens with two attached hydrogens (primary N) is 1. The molecule has 1 unspecified atom stereocenters. The van der Waals surface area contributed by atoms with Gasteiger partial charge in [0, 0.05) is 15.1 Å². The van der Waals surface area contributed by atoms with E-state index in [-0.39, 0.29) is 0 Å². The monoisotopic (exact) mass is 350 g/mol. The number of hydrogen-bond donors (Lipinski definition) is 2. The number of amides is 1. The first-order chi connectivity index (χ1) is 9.61. The van der Waals surface area contributed by atoms with Gasteiger partial charge in [0.15, 0.2) is 0 Å². The van der Waals surface area contributed by atoms with Crippen LogP contribution >= 0.6 is 27.7 Å². The number of nitrogens with one attached hydrogen (secondary N) is 1. The summed E-state index contributed by atoms with van der Waals surface area (Å²) in [5, 5.41) is 3.17. The lowest BCUT2D eigenvalue weighted by Crippen LogP contribution is -2.27. The summed E-state index contributed by atoms with van der Waals surface area (Å²) in [7, 11) is 0. The zero-order chi connectivity index (χ0) is 14.5. The highest BCUT2D eigenvalue weighted by Gasteiger charge is 2.18. The average molecular weight is 351 g/mol. The van der Waals surface area contributed by atoms with Crippen LogP contribution in [0.25, 0.3) is 0 Å². The quantitative estimate of drug-likeness (QED) is 0.806. The number of halogens is 1. The van der Waals surface area contributed by atoms with Gasteiger partial charge in [0.25, 0.3) is 0 Å². The summed E-state index contributed by atoms with van der Waals surface area (Å²) in [6.45, 7) is 0. The van der Waals surface area contributed by atoms with E-state index in [1.807, 2.05) is 54.8 Å². The minimum absolute atomic E-state index is 0.405. The van der Waals surface area contributed by atoms with E-state index in [0.717, 1.165) is 20.6 Å². The molecule has 0 bridgehead atoms. The fraction of sp³-hybridized carbons (Fsp3) is 0.133. The normalized spacial score (nSPS) is 11.9. The number of hydrogen-bond acceptors (Lipinski definition) is 3. The molecule has 0 aliphatic heterocycles. The topological polar surface area (TPSA) is 55.1 Å². The van der Waals surface area contributed by atoms with Crippen molar-refractivity contribution in [2.45, 2.75) is 10.9 Å². The molecule has 0 spiro atoms. The molecule has 2 aromatic rings. The molecule has 5 heteroatoms. The highest BCUT2D eigenvalue weighted by Crippen LogP contribution is 2.27. The van der Waals surface area contributed by atoms with Gasteiger partial charge in [-0.3, -0.25) is 4.79 Å². The highest BCUT2D eigenvalue weighted by atomic mass is 79.9. The first kappa shape index (κ1) is 14.9. The van der Waals surface area contributed by atoms with Crippen molar-refractivity contribution in [2.24, 2.45) is 5.73 Å². The molecule has 2 rings (SSSR count). The van der Waals surface area contributed by atoms with Crippen molar-refractivity contribution in [3.05, 3.63) is 58.6 Å². The largest absolute Gasteiger partial charge is 0.369 e. The molecule has 20 heavy (non-hydrogen) atoms. The predicted octanol–water partition coefficient (Wildman–Crippen LogP) is 3.81. The summed E-state index contributed by atoms with van der Waals surface area (Å²) in [6, 6.07) is 14.9. The van der Waals surface area contributed by atoms with E-state index in [1.165, 1.54) is 0 Å². The number of primary amides is 1. The molecule has 2 aromatic carbocycles. The Morgan fingerprint density at radius 3 is 2.40 bits per heavy atom. The Bertz CT molecular complexity index is 601. The number of anilines is 1. The van der Waals surface area contributed by atoms with Gasteiger partial charge >= 0.3 is 0 Å². The van der Waals surface area contributed by atoms with E-state index in [1.54, 1.807) is 11.8 Å². The molecular weight excluding hydrogens is 336 g/mol. The van der Waals surface area contributed by atoms with Gasteiger partial charge in [0.05, 0.1) is 0 Å². The summed E-state index contributed by atoms with van der Waals surface area (Å²) in [6.07, 6.45) is 2.01. The number of rotatable bonds is 5. The zero-order valence-electron chi connectivity index (χ0n) is 11.0. The van der Waals surface area contributed by atoms with Crippen molar-refractivity contribution in [3.8, 4) is 0 Å². The van der Waals surface area contributed by atoms with Crippen LogP contribution in [0.5, 0.6) is 0 Å². The maximum absolute atomic E-state index is 11.7. The van der Waals surface area contributed by atoms with E-state index in [4.69, 9.17) is 5.73 Å². The van der Waals surface area contributed by atoms with Gasteiger partial charge in [-0.25, -0.2) is 0 Å². The van der Waals surface area contributed by atoms with Gasteiger partial charge < -0.3 is 11.1 Å². The van der Waals surface area contributed by atoms with E-state index < -0.39 is 11.9 Å². The molecule has 0 aromatic heterocycles. The third kappa shape index (κ3) is 3.55. The van der Waals surface area contributed by atoms with E-state index in [2.05, 4.69) is 21.2 Å². The first-order valence-corrected chi connectivity index (χ1v) is 8.08. The minimum Gasteiger partial charge on any atom is -0.369 e. The second-order valence-electron chi connectivity index (χ2n) is 4.23. The van der Waals surface area contributed by atoms with Crippen LogP contribution in [0.3, 0.4) is 0 Å². The van der Waals surface area contributed by atoms with Gasteiger partial charge in [0.2, 0.25) is 5.91 Å². The summed E-state index contributed by atoms with van der Waals surface area (Å²) in [5.74, 6) is -0.405. The molecule has 104 valence electrons. The molecule has 3 nitrogen and oxygen atoms in total. The minimum atomic E-state index is -0.551. The third-order valence-corrected chi connectivity index (χ3v) is 4.34. The zero-order valence-corrected chi connectivity index (χ0v) is 13.4. The van der Waals surface area contributed by atoms with Crippen molar-refractivity contribution in [3.63, 3.8) is 0 Å². The van der Waals surface area contributed by atoms with Gasteiger partial charge in [-0.2, -0.15) is 0 Å². The van der Waals surface area contributed by atoms with Crippen molar-refractivity contribution < 1.29 is 4.79 Å². The van der Waals surface area contributed by atoms with E-state index in [9.17, 15) is 4.79 Å². The van der Waals surface area contributed by atoms with Gasteiger partial charge in [-0.1, -0.05) is 24.3 Å². The number of thioether (sulfide) groups is 1. The summed E-state index contributed by atoms with van der Waals surface area (Å²) in [4.78, 5) is 12.9. The second-order valence-corrected chi connectivity index (χ2v) is 5.97. The van der Waals surface area contributed by atoms with Crippen LogP contribution in [0.2, 0.25) is 0 Å². The summed E-state index contributed by atoms with van der Waals surface area (Å²) >= 11 is 5.11. The van der Waals surface area contributed by atoms with E-state index in [0.29, 0.717) is 0 Å². The van der Waals surface area contributed by atoms with Crippen LogP contribution in [-0.4, -0.2) is 12.2 Å². The van der Waals surface area contributed by atoms with Crippen LogP contribution in [-0.2, 0) is 4.79 Å². The molecule has 0 radical (unpaired) electrons. The SMILES string of the molecule is CSc1ccc(C(Nc2ccccc2Br)C(N)=O)cc1. The predicted molar refractivity (Wildman–Crippen MR) is 87.9 cm³/mol. The molecule has 0 saturated heterocycles. The molecule has 0 saturated carbocycles. The number of carbonyl (C=O) groups excluding carboxylic acids is 1. The Morgan fingerprint density at radius 1 is 1.20 bits per heavy atom. The summed E-state index contributed by atoms with van der Waals surface area (Å²) < 4.78 is 0.895. The highest BCUT2D eigenvalue weighted by molar-refractivity contribution is 9.10. The molecule has 1 amide bonds. The molecular formula is C15H15BrN2OS. The van der Waals surface area contributed by atoms with Gasteiger partial charge in [-0.15, -0.1) is 11.8 Å². The van der Waals surface area contributed by atoms with Crippen LogP contribution in [0.1, 0.15) is 11.6 Å². The Labute approximate surface area is 131 Å². The lowest BCUT2D eigenvalue weighted by Gasteiger charge is -2.18. The van der Waals surface area contributed by atoms with Gasteiger partial charge in [-0.05, 0) is 52.0 Å². The molecule has 0 aliphatic rings. The Hall–Kier alpha value is -1.46. The maximum Gasteiger partial charge on any atom is 0.244 e. The Morgan fingerprint density at radius 2 is 1.85 bits per heavy atom. The van der Waals surface area contributed by atoms with Gasteiger partial charge in [0.1, 0.15) is 6.04 Å². The van der Waals surface area contributed by atoms with Crippen molar-refractivity contribution in [2.75, 3.05) is 11.6 Å². The Kier molecular flexibility index (Phi) is 5.09. The number of para-hydroxylation sites is 1. The summed E-state index contributed by atoms with van der Waals surface area (Å²) in [5.41, 5.74) is 7.21. The number of carbonyl (C=O) groups is 1. The van der Waals surface area contributed by atoms with Crippen molar-refractivity contribution >= 4 is 39.3 Å². The van der Waals surface area contributed by atoms with E-state index >= 15 is 0 Å². The third-order valence-electron chi connectivity index (χ3n) is 2.91. The number of benzene rings is 2. The van der Waals surface area contributed by atoms with Crippen LogP contribution < -0.4 is 11.1 Å². The standard InChI is InChI=1S/C15H15BrN2OS/c1-20-11-8-6-10(7-9-11)14(15(17)19)18-13-5-3-2-4-12(13)16/h2-9,14,18H,1H3,(H2,17,19). The van der Waals surface area contributed by atoms with Crippen LogP contribution in [0, 0.1) is 0 Å².